The molecule has 6 nitrogen and oxygen atoms in total. The van der Waals surface area contributed by atoms with E-state index in [0.29, 0.717) is 16.5 Å². The lowest BCUT2D eigenvalue weighted by Gasteiger charge is -2.23. The minimum atomic E-state index is -0.200. The molecule has 0 fully saturated rings. The summed E-state index contributed by atoms with van der Waals surface area (Å²) in [5.74, 6) is 0.0964. The molecule has 2 heterocycles. The zero-order valence-electron chi connectivity index (χ0n) is 13.6. The SMILES string of the molecule is CCc1cc(=O)n2nc(N[C@@H](CO)[C@@H](C)c3ccccc3)sc2n1. The first-order valence-corrected chi connectivity index (χ1v) is 8.76. The molecule has 0 amide bonds. The van der Waals surface area contributed by atoms with Gasteiger partial charge < -0.3 is 10.4 Å². The molecule has 7 heteroatoms. The van der Waals surface area contributed by atoms with Crippen LogP contribution in [0.3, 0.4) is 0 Å². The Morgan fingerprint density at radius 3 is 2.75 bits per heavy atom. The van der Waals surface area contributed by atoms with E-state index < -0.39 is 0 Å². The monoisotopic (exact) mass is 344 g/mol. The van der Waals surface area contributed by atoms with Gasteiger partial charge >= 0.3 is 0 Å². The molecule has 0 saturated heterocycles. The van der Waals surface area contributed by atoms with E-state index in [9.17, 15) is 9.90 Å². The van der Waals surface area contributed by atoms with E-state index in [1.807, 2.05) is 37.3 Å². The average molecular weight is 344 g/mol. The highest BCUT2D eigenvalue weighted by Gasteiger charge is 2.20. The van der Waals surface area contributed by atoms with Gasteiger partial charge in [0.1, 0.15) is 0 Å². The number of rotatable bonds is 6. The van der Waals surface area contributed by atoms with Crippen LogP contribution in [0.2, 0.25) is 0 Å². The molecule has 1 aromatic carbocycles. The number of nitrogens with zero attached hydrogens (tertiary/aromatic N) is 3. The molecule has 2 N–H and O–H groups in total. The number of benzene rings is 1. The Balaban J connectivity index is 1.87. The summed E-state index contributed by atoms with van der Waals surface area (Å²) in [4.78, 5) is 17.1. The minimum absolute atomic E-state index is 0.0332. The third-order valence-corrected chi connectivity index (χ3v) is 4.93. The molecule has 126 valence electrons. The van der Waals surface area contributed by atoms with Crippen molar-refractivity contribution in [2.75, 3.05) is 11.9 Å². The van der Waals surface area contributed by atoms with Crippen molar-refractivity contribution in [2.24, 2.45) is 0 Å². The van der Waals surface area contributed by atoms with Crippen LogP contribution in [0.5, 0.6) is 0 Å². The molecule has 3 rings (SSSR count). The first-order chi connectivity index (χ1) is 11.6. The highest BCUT2D eigenvalue weighted by atomic mass is 32.1. The molecule has 2 atom stereocenters. The van der Waals surface area contributed by atoms with Gasteiger partial charge in [0.25, 0.3) is 5.56 Å². The molecule has 0 bridgehead atoms. The first kappa shape index (κ1) is 16.6. The number of fused-ring (bicyclic) bond motifs is 1. The van der Waals surface area contributed by atoms with E-state index in [0.717, 1.165) is 11.3 Å². The normalized spacial score (nSPS) is 13.8. The summed E-state index contributed by atoms with van der Waals surface area (Å²) in [5.41, 5.74) is 1.71. The third kappa shape index (κ3) is 3.32. The minimum Gasteiger partial charge on any atom is -0.394 e. The lowest BCUT2D eigenvalue weighted by atomic mass is 9.94. The molecular weight excluding hydrogens is 324 g/mol. The lowest BCUT2D eigenvalue weighted by molar-refractivity contribution is 0.262. The second-order valence-corrected chi connectivity index (χ2v) is 6.63. The second kappa shape index (κ2) is 7.11. The van der Waals surface area contributed by atoms with Gasteiger partial charge in [0, 0.05) is 17.7 Å². The standard InChI is InChI=1S/C17H20N4O2S/c1-3-13-9-15(23)21-17(18-13)24-16(20-21)19-14(10-22)11(2)12-7-5-4-6-8-12/h4-9,11,14,22H,3,10H2,1-2H3,(H,19,20)/t11-,14-/m0/s1. The predicted molar refractivity (Wildman–Crippen MR) is 95.9 cm³/mol. The zero-order valence-corrected chi connectivity index (χ0v) is 14.5. The molecule has 2 aromatic heterocycles. The summed E-state index contributed by atoms with van der Waals surface area (Å²) in [6.07, 6.45) is 0.705. The van der Waals surface area contributed by atoms with Crippen molar-refractivity contribution >= 4 is 21.4 Å². The van der Waals surface area contributed by atoms with Crippen LogP contribution in [-0.4, -0.2) is 32.4 Å². The summed E-state index contributed by atoms with van der Waals surface area (Å²) in [7, 11) is 0. The maximum Gasteiger partial charge on any atom is 0.275 e. The number of aliphatic hydroxyl groups is 1. The van der Waals surface area contributed by atoms with Gasteiger partial charge in [0.2, 0.25) is 10.1 Å². The van der Waals surface area contributed by atoms with Crippen molar-refractivity contribution < 1.29 is 5.11 Å². The highest BCUT2D eigenvalue weighted by Crippen LogP contribution is 2.24. The summed E-state index contributed by atoms with van der Waals surface area (Å²) in [6.45, 7) is 3.98. The van der Waals surface area contributed by atoms with Gasteiger partial charge in [-0.3, -0.25) is 4.79 Å². The van der Waals surface area contributed by atoms with Crippen molar-refractivity contribution in [3.63, 3.8) is 0 Å². The Labute approximate surface area is 143 Å². The summed E-state index contributed by atoms with van der Waals surface area (Å²) < 4.78 is 1.30. The van der Waals surface area contributed by atoms with Gasteiger partial charge in [-0.15, -0.1) is 5.10 Å². The Bertz CT molecular complexity index is 875. The second-order valence-electron chi connectivity index (χ2n) is 5.67. The fraction of sp³-hybridized carbons (Fsp3) is 0.353. The van der Waals surface area contributed by atoms with Crippen LogP contribution in [0.1, 0.15) is 31.0 Å². The summed E-state index contributed by atoms with van der Waals surface area (Å²) >= 11 is 1.32. The Kier molecular flexibility index (Phi) is 4.92. The quantitative estimate of drug-likeness (QED) is 0.717. The van der Waals surface area contributed by atoms with E-state index in [2.05, 4.69) is 22.3 Å². The molecule has 0 unspecified atom stereocenters. The number of anilines is 1. The van der Waals surface area contributed by atoms with Gasteiger partial charge in [0.15, 0.2) is 0 Å². The average Bonchev–Trinajstić information content (AvgIpc) is 3.03. The van der Waals surface area contributed by atoms with E-state index in [4.69, 9.17) is 0 Å². The van der Waals surface area contributed by atoms with Crippen LogP contribution in [-0.2, 0) is 6.42 Å². The van der Waals surface area contributed by atoms with Crippen molar-refractivity contribution in [3.05, 3.63) is 58.0 Å². The number of aromatic nitrogens is 3. The van der Waals surface area contributed by atoms with Crippen LogP contribution in [0.25, 0.3) is 4.96 Å². The van der Waals surface area contributed by atoms with E-state index in [1.165, 1.54) is 21.9 Å². The number of aliphatic hydroxyl groups excluding tert-OH is 1. The molecule has 0 spiro atoms. The molecule has 24 heavy (non-hydrogen) atoms. The molecule has 0 aliphatic carbocycles. The van der Waals surface area contributed by atoms with Crippen LogP contribution in [0.4, 0.5) is 5.13 Å². The van der Waals surface area contributed by atoms with Crippen LogP contribution in [0.15, 0.2) is 41.2 Å². The highest BCUT2D eigenvalue weighted by molar-refractivity contribution is 7.20. The van der Waals surface area contributed by atoms with Gasteiger partial charge in [-0.05, 0) is 12.0 Å². The summed E-state index contributed by atoms with van der Waals surface area (Å²) in [6, 6.07) is 11.3. The smallest absolute Gasteiger partial charge is 0.275 e. The molecule has 0 aliphatic rings. The van der Waals surface area contributed by atoms with E-state index in [1.54, 1.807) is 0 Å². The fourth-order valence-electron chi connectivity index (χ4n) is 2.57. The topological polar surface area (TPSA) is 79.5 Å². The number of aryl methyl sites for hydroxylation is 1. The maximum absolute atomic E-state index is 12.1. The van der Waals surface area contributed by atoms with Gasteiger partial charge in [-0.2, -0.15) is 4.52 Å². The van der Waals surface area contributed by atoms with Crippen LogP contribution >= 0.6 is 11.3 Å². The number of hydrogen-bond acceptors (Lipinski definition) is 6. The van der Waals surface area contributed by atoms with E-state index >= 15 is 0 Å². The van der Waals surface area contributed by atoms with Crippen LogP contribution < -0.4 is 10.9 Å². The molecule has 3 aromatic rings. The Morgan fingerprint density at radius 2 is 2.08 bits per heavy atom. The predicted octanol–water partition coefficient (Wildman–Crippen LogP) is 2.29. The van der Waals surface area contributed by atoms with Crippen LogP contribution in [0, 0.1) is 0 Å². The van der Waals surface area contributed by atoms with Gasteiger partial charge in [-0.25, -0.2) is 4.98 Å². The molecule has 0 radical (unpaired) electrons. The van der Waals surface area contributed by atoms with Gasteiger partial charge in [0.05, 0.1) is 12.6 Å². The fourth-order valence-corrected chi connectivity index (χ4v) is 3.46. The van der Waals surface area contributed by atoms with Crippen molar-refractivity contribution in [1.29, 1.82) is 0 Å². The maximum atomic E-state index is 12.1. The largest absolute Gasteiger partial charge is 0.394 e. The van der Waals surface area contributed by atoms with Crippen molar-refractivity contribution in [3.8, 4) is 0 Å². The summed E-state index contributed by atoms with van der Waals surface area (Å²) in [5, 5.41) is 17.9. The molecular formula is C17H20N4O2S. The van der Waals surface area contributed by atoms with Gasteiger partial charge in [-0.1, -0.05) is 55.5 Å². The van der Waals surface area contributed by atoms with E-state index in [-0.39, 0.29) is 24.1 Å². The molecule has 0 saturated carbocycles. The number of nitrogens with one attached hydrogen (secondary N) is 1. The first-order valence-electron chi connectivity index (χ1n) is 7.94. The number of hydrogen-bond donors (Lipinski definition) is 2. The Morgan fingerprint density at radius 1 is 1.33 bits per heavy atom. The van der Waals surface area contributed by atoms with Crippen molar-refractivity contribution in [1.82, 2.24) is 14.6 Å². The molecule has 0 aliphatic heterocycles. The lowest BCUT2D eigenvalue weighted by Crippen LogP contribution is -2.29. The van der Waals surface area contributed by atoms with Crippen molar-refractivity contribution in [2.45, 2.75) is 32.2 Å². The zero-order chi connectivity index (χ0) is 17.1. The Hall–Kier alpha value is -2.25. The third-order valence-electron chi connectivity index (χ3n) is 4.09.